The summed E-state index contributed by atoms with van der Waals surface area (Å²) < 4.78 is 0. The van der Waals surface area contributed by atoms with E-state index >= 15 is 0 Å². The molecule has 3 aromatic carbocycles. The van der Waals surface area contributed by atoms with Crippen molar-refractivity contribution in [3.05, 3.63) is 96.1 Å². The highest BCUT2D eigenvalue weighted by atomic mass is 32.2. The Kier molecular flexibility index (Phi) is 6.58. The SMILES string of the molecule is C[C@H](CNc1ccc(SCc2ccccc2)cc1)Cc1ccccc1. The van der Waals surface area contributed by atoms with Gasteiger partial charge in [0.1, 0.15) is 0 Å². The second-order valence-electron chi connectivity index (χ2n) is 6.47. The van der Waals surface area contributed by atoms with Crippen molar-refractivity contribution in [3.63, 3.8) is 0 Å². The van der Waals surface area contributed by atoms with Gasteiger partial charge in [0.25, 0.3) is 0 Å². The van der Waals surface area contributed by atoms with E-state index in [0.29, 0.717) is 5.92 Å². The van der Waals surface area contributed by atoms with Gasteiger partial charge in [0.05, 0.1) is 0 Å². The minimum Gasteiger partial charge on any atom is -0.385 e. The van der Waals surface area contributed by atoms with Gasteiger partial charge in [-0.2, -0.15) is 0 Å². The maximum atomic E-state index is 3.56. The monoisotopic (exact) mass is 347 g/mol. The molecule has 0 aliphatic heterocycles. The van der Waals surface area contributed by atoms with Crippen LogP contribution in [0.1, 0.15) is 18.1 Å². The molecular weight excluding hydrogens is 322 g/mol. The van der Waals surface area contributed by atoms with E-state index in [4.69, 9.17) is 0 Å². The second kappa shape index (κ2) is 9.33. The molecule has 0 unspecified atom stereocenters. The zero-order valence-corrected chi connectivity index (χ0v) is 15.5. The van der Waals surface area contributed by atoms with Crippen molar-refractivity contribution in [2.75, 3.05) is 11.9 Å². The fourth-order valence-corrected chi connectivity index (χ4v) is 3.64. The average molecular weight is 348 g/mol. The first-order valence-corrected chi connectivity index (χ1v) is 9.83. The summed E-state index contributed by atoms with van der Waals surface area (Å²) in [6.07, 6.45) is 1.11. The van der Waals surface area contributed by atoms with Gasteiger partial charge in [0.15, 0.2) is 0 Å². The maximum absolute atomic E-state index is 3.56. The van der Waals surface area contributed by atoms with Gasteiger partial charge in [-0.05, 0) is 47.7 Å². The molecule has 0 aliphatic rings. The lowest BCUT2D eigenvalue weighted by Crippen LogP contribution is -2.13. The lowest BCUT2D eigenvalue weighted by molar-refractivity contribution is 0.612. The van der Waals surface area contributed by atoms with E-state index in [-0.39, 0.29) is 0 Å². The summed E-state index contributed by atoms with van der Waals surface area (Å²) in [5, 5.41) is 3.56. The highest BCUT2D eigenvalue weighted by molar-refractivity contribution is 7.98. The van der Waals surface area contributed by atoms with Crippen LogP contribution in [0, 0.1) is 5.92 Å². The van der Waals surface area contributed by atoms with Gasteiger partial charge in [-0.1, -0.05) is 67.6 Å². The molecule has 0 heterocycles. The third-order valence-electron chi connectivity index (χ3n) is 4.18. The van der Waals surface area contributed by atoms with Crippen molar-refractivity contribution in [1.82, 2.24) is 0 Å². The number of rotatable bonds is 8. The molecule has 0 radical (unpaired) electrons. The molecule has 3 rings (SSSR count). The van der Waals surface area contributed by atoms with E-state index in [0.717, 1.165) is 18.7 Å². The van der Waals surface area contributed by atoms with E-state index < -0.39 is 0 Å². The molecule has 1 N–H and O–H groups in total. The zero-order valence-electron chi connectivity index (χ0n) is 14.7. The Morgan fingerprint density at radius 2 is 1.36 bits per heavy atom. The summed E-state index contributed by atoms with van der Waals surface area (Å²) >= 11 is 1.88. The Bertz CT molecular complexity index is 738. The Labute approximate surface area is 155 Å². The van der Waals surface area contributed by atoms with Gasteiger partial charge in [-0.15, -0.1) is 11.8 Å². The Balaban J connectivity index is 1.44. The van der Waals surface area contributed by atoms with Crippen LogP contribution in [0.25, 0.3) is 0 Å². The van der Waals surface area contributed by atoms with Gasteiger partial charge in [0.2, 0.25) is 0 Å². The van der Waals surface area contributed by atoms with Crippen molar-refractivity contribution in [1.29, 1.82) is 0 Å². The third kappa shape index (κ3) is 5.99. The van der Waals surface area contributed by atoms with Crippen LogP contribution in [0.15, 0.2) is 89.8 Å². The summed E-state index contributed by atoms with van der Waals surface area (Å²) in [7, 11) is 0. The number of hydrogen-bond acceptors (Lipinski definition) is 2. The van der Waals surface area contributed by atoms with Gasteiger partial charge in [-0.3, -0.25) is 0 Å². The molecule has 2 heteroatoms. The topological polar surface area (TPSA) is 12.0 Å². The molecule has 0 saturated heterocycles. The van der Waals surface area contributed by atoms with Crippen molar-refractivity contribution >= 4 is 17.4 Å². The van der Waals surface area contributed by atoms with E-state index in [1.165, 1.54) is 21.7 Å². The third-order valence-corrected chi connectivity index (χ3v) is 5.27. The smallest absolute Gasteiger partial charge is 0.0341 e. The highest BCUT2D eigenvalue weighted by Gasteiger charge is 2.04. The molecule has 3 aromatic rings. The Morgan fingerprint density at radius 1 is 0.760 bits per heavy atom. The van der Waals surface area contributed by atoms with E-state index in [2.05, 4.69) is 97.2 Å². The Hall–Kier alpha value is -2.19. The van der Waals surface area contributed by atoms with Crippen LogP contribution in [0.5, 0.6) is 0 Å². The minimum atomic E-state index is 0.606. The maximum Gasteiger partial charge on any atom is 0.0341 e. The normalized spacial score (nSPS) is 11.9. The number of hydrogen-bond donors (Lipinski definition) is 1. The number of anilines is 1. The second-order valence-corrected chi connectivity index (χ2v) is 7.52. The van der Waals surface area contributed by atoms with Crippen molar-refractivity contribution < 1.29 is 0 Å². The van der Waals surface area contributed by atoms with Crippen LogP contribution in [-0.4, -0.2) is 6.54 Å². The van der Waals surface area contributed by atoms with E-state index in [9.17, 15) is 0 Å². The summed E-state index contributed by atoms with van der Waals surface area (Å²) in [6.45, 7) is 3.29. The number of thioether (sulfide) groups is 1. The summed E-state index contributed by atoms with van der Waals surface area (Å²) in [5.74, 6) is 1.62. The van der Waals surface area contributed by atoms with Crippen LogP contribution >= 0.6 is 11.8 Å². The zero-order chi connectivity index (χ0) is 17.3. The molecule has 25 heavy (non-hydrogen) atoms. The first-order chi connectivity index (χ1) is 12.3. The summed E-state index contributed by atoms with van der Waals surface area (Å²) in [5.41, 5.74) is 3.97. The van der Waals surface area contributed by atoms with Crippen molar-refractivity contribution in [2.24, 2.45) is 5.92 Å². The molecule has 128 valence electrons. The summed E-state index contributed by atoms with van der Waals surface area (Å²) in [4.78, 5) is 1.31. The van der Waals surface area contributed by atoms with Crippen LogP contribution in [-0.2, 0) is 12.2 Å². The first kappa shape index (κ1) is 17.6. The predicted octanol–water partition coefficient (Wildman–Crippen LogP) is 6.27. The number of nitrogens with one attached hydrogen (secondary N) is 1. The largest absolute Gasteiger partial charge is 0.385 e. The van der Waals surface area contributed by atoms with Crippen molar-refractivity contribution in [3.8, 4) is 0 Å². The van der Waals surface area contributed by atoms with Crippen LogP contribution in [0.4, 0.5) is 5.69 Å². The van der Waals surface area contributed by atoms with Crippen molar-refractivity contribution in [2.45, 2.75) is 24.0 Å². The molecule has 0 spiro atoms. The van der Waals surface area contributed by atoms with Gasteiger partial charge in [-0.25, -0.2) is 0 Å². The molecule has 0 aliphatic carbocycles. The molecule has 0 bridgehead atoms. The highest BCUT2D eigenvalue weighted by Crippen LogP contribution is 2.24. The molecule has 0 aromatic heterocycles. The van der Waals surface area contributed by atoms with Crippen LogP contribution in [0.3, 0.4) is 0 Å². The molecule has 0 fully saturated rings. The molecule has 1 atom stereocenters. The van der Waals surface area contributed by atoms with Gasteiger partial charge >= 0.3 is 0 Å². The Morgan fingerprint density at radius 3 is 2.00 bits per heavy atom. The molecular formula is C23H25NS. The van der Waals surface area contributed by atoms with E-state index in [1.807, 2.05) is 11.8 Å². The lowest BCUT2D eigenvalue weighted by atomic mass is 10.0. The van der Waals surface area contributed by atoms with Crippen LogP contribution in [0.2, 0.25) is 0 Å². The van der Waals surface area contributed by atoms with Gasteiger partial charge in [0, 0.05) is 22.9 Å². The average Bonchev–Trinajstić information content (AvgIpc) is 2.67. The van der Waals surface area contributed by atoms with E-state index in [1.54, 1.807) is 0 Å². The number of benzene rings is 3. The first-order valence-electron chi connectivity index (χ1n) is 8.84. The van der Waals surface area contributed by atoms with Gasteiger partial charge < -0.3 is 5.32 Å². The molecule has 0 amide bonds. The fraction of sp³-hybridized carbons (Fsp3) is 0.217. The lowest BCUT2D eigenvalue weighted by Gasteiger charge is -2.14. The predicted molar refractivity (Wildman–Crippen MR) is 110 cm³/mol. The summed E-state index contributed by atoms with van der Waals surface area (Å²) in [6, 6.07) is 30.1. The van der Waals surface area contributed by atoms with Crippen LogP contribution < -0.4 is 5.32 Å². The fourth-order valence-electron chi connectivity index (χ4n) is 2.79. The standard InChI is InChI=1S/C23H25NS/c1-19(16-20-8-4-2-5-9-20)17-24-22-12-14-23(15-13-22)25-18-21-10-6-3-7-11-21/h2-15,19,24H,16-18H2,1H3/t19-/m0/s1. The molecule has 1 nitrogen and oxygen atoms in total. The quantitative estimate of drug-likeness (QED) is 0.482. The molecule has 0 saturated carbocycles. The minimum absolute atomic E-state index is 0.606.